The minimum absolute atomic E-state index is 0.0158. The number of phenolic OH excluding ortho intramolecular Hbond substituents is 1. The van der Waals surface area contributed by atoms with E-state index < -0.39 is 74.5 Å². The maximum Gasteiger partial charge on any atom is 0.255 e. The van der Waals surface area contributed by atoms with Crippen molar-refractivity contribution >= 4 is 68.0 Å². The number of nitrogens with two attached hydrogens (primary N) is 1. The number of carbonyl (C=O) groups is 4. The van der Waals surface area contributed by atoms with Crippen molar-refractivity contribution in [2.75, 3.05) is 38.4 Å². The summed E-state index contributed by atoms with van der Waals surface area (Å²) in [7, 11) is 6.41. The SMILES string of the molecule is CN(C)c1c(Cl)c(NC(=O)C(Br)c2ccccc2)c(O)c2c1CC1CC3[C@H](N(C)C)C(=O)C(C(N)=O)=C(O)[C@@]3(O)C(=O)C1=C2O. The zero-order chi connectivity index (χ0) is 33.3. The molecule has 5 atom stereocenters. The average molecular weight is 704 g/mol. The van der Waals surface area contributed by atoms with Gasteiger partial charge in [-0.2, -0.15) is 0 Å². The number of anilines is 2. The molecule has 3 aliphatic carbocycles. The molecule has 1 fully saturated rings. The number of hydrogen-bond acceptors (Lipinski definition) is 10. The number of nitrogens with zero attached hydrogens (tertiary/aromatic N) is 2. The quantitative estimate of drug-likeness (QED) is 0.148. The van der Waals surface area contributed by atoms with Crippen LogP contribution in [0.15, 0.2) is 47.2 Å². The van der Waals surface area contributed by atoms with Crippen molar-refractivity contribution in [2.45, 2.75) is 29.3 Å². The number of aliphatic hydroxyl groups is 3. The Morgan fingerprint density at radius 3 is 2.29 bits per heavy atom. The van der Waals surface area contributed by atoms with Crippen molar-refractivity contribution < 1.29 is 39.6 Å². The van der Waals surface area contributed by atoms with Gasteiger partial charge < -0.3 is 36.4 Å². The third-order valence-corrected chi connectivity index (χ3v) is 10.1. The van der Waals surface area contributed by atoms with Gasteiger partial charge in [0.15, 0.2) is 17.1 Å². The molecular formula is C31H32BrClN4O8. The molecule has 0 radical (unpaired) electrons. The predicted octanol–water partition coefficient (Wildman–Crippen LogP) is 2.76. The average Bonchev–Trinajstić information content (AvgIpc) is 2.96. The Balaban J connectivity index is 1.69. The van der Waals surface area contributed by atoms with Gasteiger partial charge in [0.2, 0.25) is 11.7 Å². The van der Waals surface area contributed by atoms with Crippen LogP contribution in [-0.2, 0) is 25.6 Å². The molecule has 0 saturated heterocycles. The van der Waals surface area contributed by atoms with E-state index in [1.165, 1.54) is 19.0 Å². The third kappa shape index (κ3) is 4.80. The minimum Gasteiger partial charge on any atom is -0.508 e. The van der Waals surface area contributed by atoms with Crippen LogP contribution in [-0.4, -0.2) is 88.5 Å². The highest BCUT2D eigenvalue weighted by Crippen LogP contribution is 2.56. The number of likely N-dealkylation sites (N-methyl/N-ethyl adjacent to an activating group) is 1. The fourth-order valence-electron chi connectivity index (χ4n) is 6.87. The fourth-order valence-corrected chi connectivity index (χ4v) is 7.71. The lowest BCUT2D eigenvalue weighted by Crippen LogP contribution is -2.65. The molecular weight excluding hydrogens is 672 g/mol. The number of halogens is 2. The predicted molar refractivity (Wildman–Crippen MR) is 170 cm³/mol. The lowest BCUT2D eigenvalue weighted by molar-refractivity contribution is -0.153. The molecule has 12 nitrogen and oxygen atoms in total. The fraction of sp³-hybridized carbons (Fsp3) is 0.355. The van der Waals surface area contributed by atoms with Crippen molar-refractivity contribution in [3.63, 3.8) is 0 Å². The number of alkyl halides is 1. The number of phenols is 1. The second kappa shape index (κ2) is 11.5. The summed E-state index contributed by atoms with van der Waals surface area (Å²) < 4.78 is 0. The lowest BCUT2D eigenvalue weighted by Gasteiger charge is -2.50. The van der Waals surface area contributed by atoms with Crippen molar-refractivity contribution in [2.24, 2.45) is 17.6 Å². The van der Waals surface area contributed by atoms with Crippen molar-refractivity contribution in [1.29, 1.82) is 0 Å². The van der Waals surface area contributed by atoms with Gasteiger partial charge in [0.1, 0.15) is 27.6 Å². The molecule has 45 heavy (non-hydrogen) atoms. The summed E-state index contributed by atoms with van der Waals surface area (Å²) in [5.41, 5.74) is 2.34. The summed E-state index contributed by atoms with van der Waals surface area (Å²) in [6, 6.07) is 7.57. The van der Waals surface area contributed by atoms with Crippen LogP contribution in [0, 0.1) is 11.8 Å². The molecule has 5 rings (SSSR count). The standard InChI is InChI=1S/C31H32BrClN4O8/c1-36(2)22-14-10-13-11-15-23(37(3)4)26(40)18(29(34)43)28(42)31(15,45)27(41)16(13)24(38)17(14)25(39)21(20(22)33)35-30(44)19(32)12-8-6-5-7-9-12/h5-9,13,15,19,23,38-39,42,45H,10-11H2,1-4H3,(H2,34,43)(H,35,44)/t13?,15?,19?,23-,31-/m0/s1. The summed E-state index contributed by atoms with van der Waals surface area (Å²) in [6.07, 6.45) is -0.0352. The summed E-state index contributed by atoms with van der Waals surface area (Å²) >= 11 is 10.2. The Hall–Kier alpha value is -3.91. The van der Waals surface area contributed by atoms with Gasteiger partial charge in [-0.05, 0) is 44.0 Å². The van der Waals surface area contributed by atoms with Crippen LogP contribution >= 0.6 is 27.5 Å². The highest BCUT2D eigenvalue weighted by Gasteiger charge is 2.64. The van der Waals surface area contributed by atoms with E-state index in [9.17, 15) is 39.6 Å². The van der Waals surface area contributed by atoms with E-state index in [1.807, 2.05) is 0 Å². The summed E-state index contributed by atoms with van der Waals surface area (Å²) in [5.74, 6) is -8.36. The number of amides is 2. The van der Waals surface area contributed by atoms with Crippen LogP contribution in [0.2, 0.25) is 5.02 Å². The Bertz CT molecular complexity index is 1720. The third-order valence-electron chi connectivity index (χ3n) is 8.82. The van der Waals surface area contributed by atoms with E-state index in [-0.39, 0.29) is 34.7 Å². The number of ketones is 2. The Labute approximate surface area is 271 Å². The molecule has 0 bridgehead atoms. The smallest absolute Gasteiger partial charge is 0.255 e. The zero-order valence-corrected chi connectivity index (χ0v) is 27.1. The first-order chi connectivity index (χ1) is 21.0. The molecule has 2 aromatic carbocycles. The second-order valence-corrected chi connectivity index (χ2v) is 13.2. The molecule has 3 aliphatic rings. The molecule has 238 valence electrons. The molecule has 14 heteroatoms. The zero-order valence-electron chi connectivity index (χ0n) is 24.8. The summed E-state index contributed by atoms with van der Waals surface area (Å²) in [5, 5.41) is 48.7. The first kappa shape index (κ1) is 32.5. The van der Waals surface area contributed by atoms with E-state index >= 15 is 0 Å². The number of aliphatic hydroxyl groups excluding tert-OH is 2. The van der Waals surface area contributed by atoms with Crippen molar-refractivity contribution in [3.05, 3.63) is 69.0 Å². The molecule has 2 amide bonds. The van der Waals surface area contributed by atoms with E-state index in [1.54, 1.807) is 49.3 Å². The molecule has 0 spiro atoms. The largest absolute Gasteiger partial charge is 0.508 e. The molecule has 0 aliphatic heterocycles. The first-order valence-electron chi connectivity index (χ1n) is 13.9. The van der Waals surface area contributed by atoms with Gasteiger partial charge >= 0.3 is 0 Å². The van der Waals surface area contributed by atoms with Crippen LogP contribution in [0.1, 0.15) is 27.9 Å². The van der Waals surface area contributed by atoms with Gasteiger partial charge in [0, 0.05) is 25.6 Å². The molecule has 3 unspecified atom stereocenters. The van der Waals surface area contributed by atoms with E-state index in [4.69, 9.17) is 17.3 Å². The minimum atomic E-state index is -2.77. The number of aromatic hydroxyl groups is 1. The number of rotatable bonds is 6. The molecule has 7 N–H and O–H groups in total. The Kier molecular flexibility index (Phi) is 8.28. The van der Waals surface area contributed by atoms with Crippen LogP contribution in [0.4, 0.5) is 11.4 Å². The van der Waals surface area contributed by atoms with E-state index in [0.29, 0.717) is 16.8 Å². The first-order valence-corrected chi connectivity index (χ1v) is 15.2. The van der Waals surface area contributed by atoms with E-state index in [0.717, 1.165) is 0 Å². The number of hydrogen-bond donors (Lipinski definition) is 6. The highest BCUT2D eigenvalue weighted by molar-refractivity contribution is 9.09. The Morgan fingerprint density at radius 1 is 1.11 bits per heavy atom. The van der Waals surface area contributed by atoms with E-state index in [2.05, 4.69) is 21.2 Å². The highest BCUT2D eigenvalue weighted by atomic mass is 79.9. The van der Waals surface area contributed by atoms with Gasteiger partial charge in [-0.3, -0.25) is 24.1 Å². The van der Waals surface area contributed by atoms with Gasteiger partial charge in [-0.25, -0.2) is 0 Å². The van der Waals surface area contributed by atoms with Gasteiger partial charge in [0.25, 0.3) is 5.91 Å². The topological polar surface area (TPSA) is 194 Å². The maximum absolute atomic E-state index is 14.2. The van der Waals surface area contributed by atoms with Crippen LogP contribution in [0.25, 0.3) is 5.76 Å². The van der Waals surface area contributed by atoms with Gasteiger partial charge in [-0.15, -0.1) is 0 Å². The van der Waals surface area contributed by atoms with Crippen molar-refractivity contribution in [3.8, 4) is 5.75 Å². The van der Waals surface area contributed by atoms with Crippen LogP contribution in [0.3, 0.4) is 0 Å². The lowest BCUT2D eigenvalue weighted by atomic mass is 9.57. The normalized spacial score (nSPS) is 25.0. The molecule has 0 heterocycles. The van der Waals surface area contributed by atoms with Crippen molar-refractivity contribution in [1.82, 2.24) is 4.90 Å². The molecule has 1 saturated carbocycles. The second-order valence-electron chi connectivity index (χ2n) is 11.9. The maximum atomic E-state index is 14.2. The van der Waals surface area contributed by atoms with Crippen LogP contribution < -0.4 is 16.0 Å². The Morgan fingerprint density at radius 2 is 1.73 bits per heavy atom. The van der Waals surface area contributed by atoms with Crippen LogP contribution in [0.5, 0.6) is 5.75 Å². The number of benzene rings is 2. The number of carbonyl (C=O) groups excluding carboxylic acids is 4. The number of Topliss-reactive ketones (excluding diaryl/α,β-unsaturated/α-hetero) is 2. The summed E-state index contributed by atoms with van der Waals surface area (Å²) in [6.45, 7) is 0. The number of fused-ring (bicyclic) bond motifs is 3. The summed E-state index contributed by atoms with van der Waals surface area (Å²) in [4.78, 5) is 55.2. The number of primary amides is 1. The number of nitrogens with one attached hydrogen (secondary N) is 1. The molecule has 0 aromatic heterocycles. The molecule has 2 aromatic rings. The van der Waals surface area contributed by atoms with Gasteiger partial charge in [-0.1, -0.05) is 57.9 Å². The monoisotopic (exact) mass is 702 g/mol. The van der Waals surface area contributed by atoms with Gasteiger partial charge in [0.05, 0.1) is 22.3 Å².